The number of hydrogen-bond acceptors (Lipinski definition) is 7. The third-order valence-corrected chi connectivity index (χ3v) is 4.90. The highest BCUT2D eigenvalue weighted by Crippen LogP contribution is 2.46. The summed E-state index contributed by atoms with van der Waals surface area (Å²) in [7, 11) is 6.17. The first-order valence-corrected chi connectivity index (χ1v) is 8.45. The summed E-state index contributed by atoms with van der Waals surface area (Å²) in [5.74, 6) is 0.818. The number of hydrogen-bond donors (Lipinski definition) is 1. The van der Waals surface area contributed by atoms with E-state index in [9.17, 15) is 10.1 Å². The van der Waals surface area contributed by atoms with E-state index in [0.29, 0.717) is 39.8 Å². The van der Waals surface area contributed by atoms with Crippen molar-refractivity contribution in [2.24, 2.45) is 12.8 Å². The van der Waals surface area contributed by atoms with Gasteiger partial charge in [0.2, 0.25) is 5.88 Å². The molecule has 1 aliphatic rings. The molecule has 0 amide bonds. The second-order valence-corrected chi connectivity index (χ2v) is 6.30. The number of nitrogens with zero attached hydrogens (tertiary/aromatic N) is 2. The third kappa shape index (κ3) is 2.81. The summed E-state index contributed by atoms with van der Waals surface area (Å²) in [6.45, 7) is 1.79. The Labute approximate surface area is 162 Å². The summed E-state index contributed by atoms with van der Waals surface area (Å²) in [6.07, 6.45) is 0. The highest BCUT2D eigenvalue weighted by molar-refractivity contribution is 5.61. The number of aryl methyl sites for hydroxylation is 1. The van der Waals surface area contributed by atoms with E-state index >= 15 is 0 Å². The minimum Gasteiger partial charge on any atom is -0.496 e. The average Bonchev–Trinajstić information content (AvgIpc) is 2.70. The van der Waals surface area contributed by atoms with Gasteiger partial charge in [0.05, 0.1) is 32.8 Å². The van der Waals surface area contributed by atoms with E-state index in [0.717, 1.165) is 0 Å². The predicted octanol–water partition coefficient (Wildman–Crippen LogP) is 1.94. The number of benzene rings is 1. The van der Waals surface area contributed by atoms with Crippen LogP contribution < -0.4 is 30.2 Å². The zero-order valence-corrected chi connectivity index (χ0v) is 16.3. The Morgan fingerprint density at radius 3 is 2.29 bits per heavy atom. The van der Waals surface area contributed by atoms with Gasteiger partial charge in [-0.05, 0) is 13.0 Å². The summed E-state index contributed by atoms with van der Waals surface area (Å²) in [5, 5.41) is 9.75. The molecule has 0 unspecified atom stereocenters. The van der Waals surface area contributed by atoms with Crippen LogP contribution in [0, 0.1) is 18.3 Å². The predicted molar refractivity (Wildman–Crippen MR) is 102 cm³/mol. The topological polar surface area (TPSA) is 109 Å². The van der Waals surface area contributed by atoms with Gasteiger partial charge in [0.15, 0.2) is 11.5 Å². The Morgan fingerprint density at radius 2 is 1.71 bits per heavy atom. The Kier molecular flexibility index (Phi) is 4.92. The Hall–Kier alpha value is -3.60. The molecule has 0 radical (unpaired) electrons. The smallest absolute Gasteiger partial charge is 0.258 e. The fourth-order valence-corrected chi connectivity index (χ4v) is 3.33. The second kappa shape index (κ2) is 7.19. The molecule has 0 spiro atoms. The third-order valence-electron chi connectivity index (χ3n) is 4.90. The zero-order valence-electron chi connectivity index (χ0n) is 16.3. The first-order chi connectivity index (χ1) is 13.4. The van der Waals surface area contributed by atoms with Gasteiger partial charge in [-0.3, -0.25) is 4.79 Å². The maximum absolute atomic E-state index is 13.1. The van der Waals surface area contributed by atoms with Crippen LogP contribution in [0.2, 0.25) is 0 Å². The van der Waals surface area contributed by atoms with Gasteiger partial charge in [-0.25, -0.2) is 0 Å². The molecule has 1 aliphatic heterocycles. The van der Waals surface area contributed by atoms with Crippen molar-refractivity contribution in [1.82, 2.24) is 4.57 Å². The van der Waals surface area contributed by atoms with Crippen LogP contribution in [-0.4, -0.2) is 25.9 Å². The molecule has 1 atom stereocenters. The van der Waals surface area contributed by atoms with Crippen LogP contribution in [0.5, 0.6) is 23.0 Å². The molecule has 0 aliphatic carbocycles. The fourth-order valence-electron chi connectivity index (χ4n) is 3.33. The molecular weight excluding hydrogens is 362 g/mol. The van der Waals surface area contributed by atoms with Gasteiger partial charge in [-0.15, -0.1) is 0 Å². The molecule has 2 aromatic rings. The number of pyridine rings is 1. The number of methoxy groups -OCH3 is 3. The Bertz CT molecular complexity index is 1080. The zero-order chi connectivity index (χ0) is 20.6. The van der Waals surface area contributed by atoms with E-state index in [1.807, 2.05) is 0 Å². The molecular formula is C20H21N3O5. The lowest BCUT2D eigenvalue weighted by molar-refractivity contribution is 0.346. The Morgan fingerprint density at radius 1 is 1.11 bits per heavy atom. The van der Waals surface area contributed by atoms with E-state index in [-0.39, 0.29) is 17.0 Å². The van der Waals surface area contributed by atoms with Gasteiger partial charge in [0, 0.05) is 30.4 Å². The van der Waals surface area contributed by atoms with Gasteiger partial charge < -0.3 is 29.2 Å². The van der Waals surface area contributed by atoms with Crippen molar-refractivity contribution >= 4 is 0 Å². The number of fused-ring (bicyclic) bond motifs is 1. The summed E-state index contributed by atoms with van der Waals surface area (Å²) in [4.78, 5) is 13.1. The lowest BCUT2D eigenvalue weighted by atomic mass is 9.83. The first-order valence-electron chi connectivity index (χ1n) is 8.45. The van der Waals surface area contributed by atoms with Crippen molar-refractivity contribution in [2.75, 3.05) is 21.3 Å². The number of aromatic nitrogens is 1. The minimum absolute atomic E-state index is 0.0514. The number of nitrogens with two attached hydrogens (primary N) is 1. The summed E-state index contributed by atoms with van der Waals surface area (Å²) < 4.78 is 23.3. The van der Waals surface area contributed by atoms with Crippen LogP contribution in [0.1, 0.15) is 22.7 Å². The quantitative estimate of drug-likeness (QED) is 0.859. The number of allylic oxidation sites excluding steroid dienone is 1. The molecule has 8 heteroatoms. The molecule has 0 bridgehead atoms. The molecule has 28 heavy (non-hydrogen) atoms. The van der Waals surface area contributed by atoms with Crippen LogP contribution in [0.25, 0.3) is 0 Å². The SMILES string of the molecule is COc1cc(OC)c([C@H]2C(C#N)=C(N)Oc3cc(C)n(C)c(=O)c32)cc1OC. The Balaban J connectivity index is 2.40. The van der Waals surface area contributed by atoms with Gasteiger partial charge in [0.25, 0.3) is 5.56 Å². The normalized spacial score (nSPS) is 15.4. The molecule has 1 aromatic heterocycles. The van der Waals surface area contributed by atoms with Crippen LogP contribution in [0.3, 0.4) is 0 Å². The van der Waals surface area contributed by atoms with E-state index in [1.54, 1.807) is 32.2 Å². The maximum atomic E-state index is 13.1. The molecule has 2 N–H and O–H groups in total. The van der Waals surface area contributed by atoms with Gasteiger partial charge in [-0.2, -0.15) is 5.26 Å². The van der Waals surface area contributed by atoms with Gasteiger partial charge >= 0.3 is 0 Å². The molecule has 0 fully saturated rings. The van der Waals surface area contributed by atoms with Crippen molar-refractivity contribution < 1.29 is 18.9 Å². The molecule has 146 valence electrons. The van der Waals surface area contributed by atoms with Gasteiger partial charge in [0.1, 0.15) is 23.1 Å². The van der Waals surface area contributed by atoms with Crippen molar-refractivity contribution in [1.29, 1.82) is 5.26 Å². The molecule has 0 saturated carbocycles. The highest BCUT2D eigenvalue weighted by atomic mass is 16.5. The summed E-state index contributed by atoms with van der Waals surface area (Å²) in [5.41, 5.74) is 7.42. The maximum Gasteiger partial charge on any atom is 0.258 e. The largest absolute Gasteiger partial charge is 0.496 e. The lowest BCUT2D eigenvalue weighted by Crippen LogP contribution is -2.31. The monoisotopic (exact) mass is 383 g/mol. The lowest BCUT2D eigenvalue weighted by Gasteiger charge is -2.28. The van der Waals surface area contributed by atoms with Gasteiger partial charge in [-0.1, -0.05) is 0 Å². The van der Waals surface area contributed by atoms with E-state index in [4.69, 9.17) is 24.7 Å². The van der Waals surface area contributed by atoms with E-state index in [1.165, 1.54) is 25.9 Å². The van der Waals surface area contributed by atoms with Crippen LogP contribution in [-0.2, 0) is 7.05 Å². The number of ether oxygens (including phenoxy) is 4. The van der Waals surface area contributed by atoms with E-state index < -0.39 is 5.92 Å². The minimum atomic E-state index is -0.775. The summed E-state index contributed by atoms with van der Waals surface area (Å²) >= 11 is 0. The number of nitriles is 1. The van der Waals surface area contributed by atoms with Crippen molar-refractivity contribution in [3.63, 3.8) is 0 Å². The number of rotatable bonds is 4. The molecule has 3 rings (SSSR count). The van der Waals surface area contributed by atoms with Crippen LogP contribution >= 0.6 is 0 Å². The highest BCUT2D eigenvalue weighted by Gasteiger charge is 2.36. The van der Waals surface area contributed by atoms with Crippen LogP contribution in [0.15, 0.2) is 34.4 Å². The van der Waals surface area contributed by atoms with Crippen LogP contribution in [0.4, 0.5) is 0 Å². The van der Waals surface area contributed by atoms with E-state index in [2.05, 4.69) is 6.07 Å². The molecule has 1 aromatic carbocycles. The van der Waals surface area contributed by atoms with Crippen molar-refractivity contribution in [3.8, 4) is 29.1 Å². The summed E-state index contributed by atoms with van der Waals surface area (Å²) in [6, 6.07) is 7.12. The fraction of sp³-hybridized carbons (Fsp3) is 0.300. The van der Waals surface area contributed by atoms with Crippen molar-refractivity contribution in [3.05, 3.63) is 56.8 Å². The standard InChI is InChI=1S/C20H21N3O5/c1-10-6-16-18(20(24)23(10)2)17(12(9-21)19(22)28-16)11-7-14(26-4)15(27-5)8-13(11)25-3/h6-8,17H,22H2,1-5H3/t17-/m0/s1. The van der Waals surface area contributed by atoms with Crippen molar-refractivity contribution in [2.45, 2.75) is 12.8 Å². The molecule has 8 nitrogen and oxygen atoms in total. The average molecular weight is 383 g/mol. The second-order valence-electron chi connectivity index (χ2n) is 6.30. The molecule has 2 heterocycles. The molecule has 0 saturated heterocycles. The first kappa shape index (κ1) is 19.2.